The first-order valence-corrected chi connectivity index (χ1v) is 13.7. The van der Waals surface area contributed by atoms with E-state index >= 15 is 0 Å². The van der Waals surface area contributed by atoms with Gasteiger partial charge in [-0.25, -0.2) is 4.39 Å². The molecule has 1 aliphatic heterocycles. The van der Waals surface area contributed by atoms with Gasteiger partial charge in [-0.2, -0.15) is 15.0 Å². The molecule has 3 aromatic rings. The summed E-state index contributed by atoms with van der Waals surface area (Å²) in [5.74, 6) is 1.30. The fourth-order valence-corrected chi connectivity index (χ4v) is 5.70. The second-order valence-electron chi connectivity index (χ2n) is 10.4. The van der Waals surface area contributed by atoms with Crippen molar-refractivity contribution >= 4 is 23.5 Å². The topological polar surface area (TPSA) is 92.4 Å². The Hall–Kier alpha value is -3.46. The van der Waals surface area contributed by atoms with Crippen molar-refractivity contribution in [3.05, 3.63) is 59.9 Å². The van der Waals surface area contributed by atoms with Crippen LogP contribution >= 0.6 is 0 Å². The lowest BCUT2D eigenvalue weighted by Gasteiger charge is -2.30. The van der Waals surface area contributed by atoms with Crippen LogP contribution in [0.1, 0.15) is 50.5 Å². The van der Waals surface area contributed by atoms with E-state index in [9.17, 15) is 4.39 Å². The fourth-order valence-electron chi connectivity index (χ4n) is 5.70. The molecule has 9 heteroatoms. The minimum absolute atomic E-state index is 0.146. The molecule has 0 bridgehead atoms. The number of anilines is 4. The Morgan fingerprint density at radius 3 is 2.61 bits per heavy atom. The van der Waals surface area contributed by atoms with Crippen LogP contribution in [0, 0.1) is 11.7 Å². The van der Waals surface area contributed by atoms with Gasteiger partial charge in [0.05, 0.1) is 7.11 Å². The van der Waals surface area contributed by atoms with Gasteiger partial charge in [-0.1, -0.05) is 49.6 Å². The van der Waals surface area contributed by atoms with Crippen LogP contribution in [-0.2, 0) is 6.54 Å². The Bertz CT molecular complexity index is 1190. The van der Waals surface area contributed by atoms with Crippen molar-refractivity contribution in [1.29, 1.82) is 0 Å². The maximum Gasteiger partial charge on any atom is 0.236 e. The average molecular weight is 520 g/mol. The zero-order valence-corrected chi connectivity index (χ0v) is 22.2. The number of hydrogen-bond acceptors (Lipinski definition) is 8. The Labute approximate surface area is 224 Å². The molecule has 2 aromatic carbocycles. The molecule has 1 saturated carbocycles. The van der Waals surface area contributed by atoms with E-state index in [2.05, 4.69) is 44.5 Å². The van der Waals surface area contributed by atoms with Crippen molar-refractivity contribution in [1.82, 2.24) is 19.9 Å². The van der Waals surface area contributed by atoms with Gasteiger partial charge in [-0.3, -0.25) is 4.90 Å². The van der Waals surface area contributed by atoms with E-state index in [1.807, 2.05) is 17.0 Å². The van der Waals surface area contributed by atoms with E-state index in [0.717, 1.165) is 38.9 Å². The fraction of sp³-hybridized carbons (Fsp3) is 0.483. The number of likely N-dealkylation sites (tertiary alicyclic amines) is 1. The standard InChI is InChI=1S/C29H38FN7O/c1-38-26-15-14-23(17-25(26)30)37(20-22-11-6-3-7-12-22)29-34-27(31)33-28(35-29)32-18-24-13-8-16-36(24)19-21-9-4-2-5-10-21/h2,4-5,9-10,14-15,17,22,24H,3,6-8,11-13,16,18-20H2,1H3,(H3,31,32,33,34,35). The smallest absolute Gasteiger partial charge is 0.236 e. The summed E-state index contributed by atoms with van der Waals surface area (Å²) in [5.41, 5.74) is 8.16. The highest BCUT2D eigenvalue weighted by atomic mass is 19.1. The number of halogens is 1. The molecular formula is C29H38FN7O. The number of nitrogens with zero attached hydrogens (tertiary/aromatic N) is 5. The quantitative estimate of drug-likeness (QED) is 0.368. The second kappa shape index (κ2) is 12.4. The summed E-state index contributed by atoms with van der Waals surface area (Å²) in [5, 5.41) is 3.42. The minimum Gasteiger partial charge on any atom is -0.494 e. The lowest BCUT2D eigenvalue weighted by molar-refractivity contribution is 0.254. The third-order valence-corrected chi connectivity index (χ3v) is 7.72. The summed E-state index contributed by atoms with van der Waals surface area (Å²) >= 11 is 0. The number of nitrogen functional groups attached to an aromatic ring is 1. The molecule has 0 amide bonds. The summed E-state index contributed by atoms with van der Waals surface area (Å²) in [6.45, 7) is 3.41. The molecule has 0 radical (unpaired) electrons. The zero-order valence-electron chi connectivity index (χ0n) is 22.2. The van der Waals surface area contributed by atoms with Crippen LogP contribution < -0.4 is 20.7 Å². The first-order valence-electron chi connectivity index (χ1n) is 13.7. The van der Waals surface area contributed by atoms with Gasteiger partial charge >= 0.3 is 0 Å². The van der Waals surface area contributed by atoms with E-state index in [1.165, 1.54) is 44.4 Å². The van der Waals surface area contributed by atoms with Gasteiger partial charge in [-0.15, -0.1) is 0 Å². The number of rotatable bonds is 10. The van der Waals surface area contributed by atoms with E-state index in [0.29, 0.717) is 36.1 Å². The van der Waals surface area contributed by atoms with Crippen LogP contribution in [0.3, 0.4) is 0 Å². The summed E-state index contributed by atoms with van der Waals surface area (Å²) in [6, 6.07) is 15.9. The van der Waals surface area contributed by atoms with Crippen molar-refractivity contribution in [2.75, 3.05) is 42.7 Å². The number of nitrogens with one attached hydrogen (secondary N) is 1. The van der Waals surface area contributed by atoms with E-state index in [4.69, 9.17) is 15.5 Å². The number of methoxy groups -OCH3 is 1. The molecule has 1 saturated heterocycles. The van der Waals surface area contributed by atoms with E-state index in [1.54, 1.807) is 6.07 Å². The molecule has 1 aromatic heterocycles. The Kier molecular flexibility index (Phi) is 8.53. The van der Waals surface area contributed by atoms with Crippen LogP contribution in [0.25, 0.3) is 0 Å². The van der Waals surface area contributed by atoms with Crippen LogP contribution in [0.5, 0.6) is 5.75 Å². The first kappa shape index (κ1) is 26.2. The Balaban J connectivity index is 1.34. The largest absolute Gasteiger partial charge is 0.494 e. The minimum atomic E-state index is -0.418. The number of benzene rings is 2. The molecule has 2 heterocycles. The summed E-state index contributed by atoms with van der Waals surface area (Å²) in [7, 11) is 1.47. The van der Waals surface area contributed by atoms with Gasteiger partial charge in [0.2, 0.25) is 17.8 Å². The molecule has 202 valence electrons. The molecule has 0 spiro atoms. The zero-order chi connectivity index (χ0) is 26.3. The number of hydrogen-bond donors (Lipinski definition) is 2. The number of aromatic nitrogens is 3. The predicted octanol–water partition coefficient (Wildman–Crippen LogP) is 5.40. The van der Waals surface area contributed by atoms with Crippen molar-refractivity contribution < 1.29 is 9.13 Å². The highest BCUT2D eigenvalue weighted by Crippen LogP contribution is 2.32. The summed E-state index contributed by atoms with van der Waals surface area (Å²) in [4.78, 5) is 18.1. The molecule has 2 aliphatic rings. The SMILES string of the molecule is COc1ccc(N(CC2CCCCC2)c2nc(N)nc(NCC3CCCN3Cc3ccccc3)n2)cc1F. The first-order chi connectivity index (χ1) is 18.6. The molecule has 1 unspecified atom stereocenters. The van der Waals surface area contributed by atoms with Gasteiger partial charge in [0, 0.05) is 37.4 Å². The third-order valence-electron chi connectivity index (χ3n) is 7.72. The van der Waals surface area contributed by atoms with E-state index in [-0.39, 0.29) is 11.7 Å². The molecular weight excluding hydrogens is 481 g/mol. The number of nitrogens with two attached hydrogens (primary N) is 1. The third kappa shape index (κ3) is 6.51. The molecule has 38 heavy (non-hydrogen) atoms. The predicted molar refractivity (Wildman–Crippen MR) is 149 cm³/mol. The van der Waals surface area contributed by atoms with Crippen LogP contribution in [0.15, 0.2) is 48.5 Å². The van der Waals surface area contributed by atoms with Crippen molar-refractivity contribution in [3.63, 3.8) is 0 Å². The normalized spacial score (nSPS) is 18.4. The Morgan fingerprint density at radius 1 is 1.03 bits per heavy atom. The molecule has 2 fully saturated rings. The van der Waals surface area contributed by atoms with Gasteiger partial charge < -0.3 is 20.7 Å². The molecule has 5 rings (SSSR count). The van der Waals surface area contributed by atoms with Crippen LogP contribution in [-0.4, -0.2) is 52.6 Å². The second-order valence-corrected chi connectivity index (χ2v) is 10.4. The van der Waals surface area contributed by atoms with Crippen molar-refractivity contribution in [2.24, 2.45) is 5.92 Å². The van der Waals surface area contributed by atoms with Gasteiger partial charge in [0.15, 0.2) is 11.6 Å². The van der Waals surface area contributed by atoms with Crippen molar-refractivity contribution in [3.8, 4) is 5.75 Å². The average Bonchev–Trinajstić information content (AvgIpc) is 3.38. The monoisotopic (exact) mass is 519 g/mol. The molecule has 3 N–H and O–H groups in total. The van der Waals surface area contributed by atoms with Crippen LogP contribution in [0.4, 0.5) is 27.9 Å². The highest BCUT2D eigenvalue weighted by Gasteiger charge is 2.26. The van der Waals surface area contributed by atoms with Crippen LogP contribution in [0.2, 0.25) is 0 Å². The summed E-state index contributed by atoms with van der Waals surface area (Å²) in [6.07, 6.45) is 8.25. The molecule has 1 aliphatic carbocycles. The van der Waals surface area contributed by atoms with Crippen molar-refractivity contribution in [2.45, 2.75) is 57.5 Å². The lowest BCUT2D eigenvalue weighted by atomic mass is 9.89. The molecule has 8 nitrogen and oxygen atoms in total. The maximum absolute atomic E-state index is 14.7. The number of ether oxygens (including phenoxy) is 1. The lowest BCUT2D eigenvalue weighted by Crippen LogP contribution is -2.35. The van der Waals surface area contributed by atoms with Gasteiger partial charge in [-0.05, 0) is 55.8 Å². The summed E-state index contributed by atoms with van der Waals surface area (Å²) < 4.78 is 19.8. The Morgan fingerprint density at radius 2 is 1.84 bits per heavy atom. The maximum atomic E-state index is 14.7. The molecule has 1 atom stereocenters. The highest BCUT2D eigenvalue weighted by molar-refractivity contribution is 5.60. The van der Waals surface area contributed by atoms with E-state index < -0.39 is 5.82 Å². The van der Waals surface area contributed by atoms with Gasteiger partial charge in [0.25, 0.3) is 0 Å². The van der Waals surface area contributed by atoms with Gasteiger partial charge in [0.1, 0.15) is 0 Å².